The fraction of sp³-hybridized carbons (Fsp3) is 0.500. The average Bonchev–Trinajstić information content (AvgIpc) is 2.60. The summed E-state index contributed by atoms with van der Waals surface area (Å²) in [6.07, 6.45) is -0.672. The van der Waals surface area contributed by atoms with Gasteiger partial charge in [0.05, 0.1) is 20.3 Å². The maximum Gasteiger partial charge on any atom is 0.336 e. The van der Waals surface area contributed by atoms with Gasteiger partial charge in [-0.2, -0.15) is 0 Å². The molecule has 2 heterocycles. The Balaban J connectivity index is 1.78. The first-order valence-electron chi connectivity index (χ1n) is 8.31. The largest absolute Gasteiger partial charge is 0.493 e. The fourth-order valence-corrected chi connectivity index (χ4v) is 2.95. The molecule has 0 bridgehead atoms. The molecule has 0 saturated carbocycles. The number of β-amino-alcohol motifs (C(OH)–C–C–N with tert-alkyl or cyclic N) is 1. The number of aliphatic hydroxyl groups is 1. The molecule has 1 unspecified atom stereocenters. The number of ether oxygens (including phenoxy) is 3. The molecule has 1 aromatic heterocycles. The lowest BCUT2D eigenvalue weighted by atomic mass is 10.1. The van der Waals surface area contributed by atoms with Gasteiger partial charge in [0.2, 0.25) is 5.75 Å². The molecule has 1 saturated heterocycles. The molecule has 0 amide bonds. The van der Waals surface area contributed by atoms with E-state index < -0.39 is 11.7 Å². The number of methoxy groups -OCH3 is 1. The third kappa shape index (κ3) is 4.12. The van der Waals surface area contributed by atoms with E-state index in [-0.39, 0.29) is 6.61 Å². The molecule has 1 fully saturated rings. The summed E-state index contributed by atoms with van der Waals surface area (Å²) in [4.78, 5) is 13.9. The van der Waals surface area contributed by atoms with Crippen molar-refractivity contribution in [1.29, 1.82) is 0 Å². The molecule has 1 aromatic carbocycles. The molecule has 0 radical (unpaired) electrons. The van der Waals surface area contributed by atoms with Crippen molar-refractivity contribution in [1.82, 2.24) is 4.90 Å². The van der Waals surface area contributed by atoms with Crippen LogP contribution in [0.25, 0.3) is 11.0 Å². The number of hydrogen-bond acceptors (Lipinski definition) is 7. The van der Waals surface area contributed by atoms with E-state index in [0.717, 1.165) is 24.0 Å². The molecule has 3 rings (SSSR count). The minimum atomic E-state index is -0.672. The maximum absolute atomic E-state index is 11.7. The van der Waals surface area contributed by atoms with Gasteiger partial charge in [-0.1, -0.05) is 0 Å². The number of nitrogens with zero attached hydrogens (tertiary/aromatic N) is 1. The molecule has 7 nitrogen and oxygen atoms in total. The molecule has 2 aromatic rings. The number of fused-ring (bicyclic) bond motifs is 1. The average molecular weight is 349 g/mol. The minimum Gasteiger partial charge on any atom is -0.493 e. The van der Waals surface area contributed by atoms with Crippen molar-refractivity contribution in [3.8, 4) is 11.5 Å². The number of hydrogen-bond donors (Lipinski definition) is 1. The smallest absolute Gasteiger partial charge is 0.336 e. The van der Waals surface area contributed by atoms with Crippen LogP contribution in [0.15, 0.2) is 27.4 Å². The summed E-state index contributed by atoms with van der Waals surface area (Å²) >= 11 is 0. The predicted octanol–water partition coefficient (Wildman–Crippen LogP) is 1.18. The van der Waals surface area contributed by atoms with Crippen LogP contribution in [-0.2, 0) is 4.74 Å². The van der Waals surface area contributed by atoms with E-state index in [2.05, 4.69) is 4.90 Å². The van der Waals surface area contributed by atoms with Gasteiger partial charge >= 0.3 is 5.63 Å². The van der Waals surface area contributed by atoms with Gasteiger partial charge in [0.25, 0.3) is 0 Å². The second kappa shape index (κ2) is 7.86. The van der Waals surface area contributed by atoms with Crippen molar-refractivity contribution in [2.75, 3.05) is 46.6 Å². The molecule has 1 aliphatic rings. The van der Waals surface area contributed by atoms with Crippen molar-refractivity contribution < 1.29 is 23.7 Å². The van der Waals surface area contributed by atoms with Crippen LogP contribution in [0.5, 0.6) is 11.5 Å². The fourth-order valence-electron chi connectivity index (χ4n) is 2.95. The first-order valence-corrected chi connectivity index (χ1v) is 8.31. The third-order valence-electron chi connectivity index (χ3n) is 4.25. The standard InChI is InChI=1S/C18H23NO6/c1-12-9-16(21)25-17-14(12)3-4-15(22-2)18(17)24-11-13(20)10-19-5-7-23-8-6-19/h3-4,9,13,20H,5-8,10-11H2,1-2H3. The van der Waals surface area contributed by atoms with E-state index in [1.54, 1.807) is 6.07 Å². The van der Waals surface area contributed by atoms with Gasteiger partial charge in [-0.15, -0.1) is 0 Å². The first-order chi connectivity index (χ1) is 12.1. The van der Waals surface area contributed by atoms with Gasteiger partial charge in [-0.05, 0) is 24.6 Å². The highest BCUT2D eigenvalue weighted by Gasteiger charge is 2.19. The first kappa shape index (κ1) is 17.7. The van der Waals surface area contributed by atoms with Gasteiger partial charge in [0.15, 0.2) is 11.3 Å². The second-order valence-corrected chi connectivity index (χ2v) is 6.10. The van der Waals surface area contributed by atoms with E-state index in [1.165, 1.54) is 13.2 Å². The van der Waals surface area contributed by atoms with Gasteiger partial charge in [-0.25, -0.2) is 4.79 Å². The predicted molar refractivity (Wildman–Crippen MR) is 92.5 cm³/mol. The highest BCUT2D eigenvalue weighted by molar-refractivity contribution is 5.87. The molecule has 25 heavy (non-hydrogen) atoms. The zero-order valence-corrected chi connectivity index (χ0v) is 14.5. The number of morpholine rings is 1. The highest BCUT2D eigenvalue weighted by atomic mass is 16.5. The van der Waals surface area contributed by atoms with E-state index in [0.29, 0.717) is 36.8 Å². The summed E-state index contributed by atoms with van der Waals surface area (Å²) in [6, 6.07) is 5.02. The lowest BCUT2D eigenvalue weighted by molar-refractivity contribution is 0.00451. The molecule has 1 atom stereocenters. The quantitative estimate of drug-likeness (QED) is 0.784. The van der Waals surface area contributed by atoms with E-state index >= 15 is 0 Å². The molecule has 136 valence electrons. The molecule has 0 aliphatic carbocycles. The SMILES string of the molecule is COc1ccc2c(C)cc(=O)oc2c1OCC(O)CN1CCOCC1. The van der Waals surface area contributed by atoms with Crippen molar-refractivity contribution in [3.05, 3.63) is 34.2 Å². The summed E-state index contributed by atoms with van der Waals surface area (Å²) in [7, 11) is 1.52. The Bertz CT molecular complexity index is 781. The molecule has 1 N–H and O–H groups in total. The van der Waals surface area contributed by atoms with Crippen LogP contribution in [0.2, 0.25) is 0 Å². The lowest BCUT2D eigenvalue weighted by Gasteiger charge is -2.28. The Morgan fingerprint density at radius 3 is 2.80 bits per heavy atom. The number of aryl methyl sites for hydroxylation is 1. The Morgan fingerprint density at radius 1 is 1.32 bits per heavy atom. The van der Waals surface area contributed by atoms with Gasteiger partial charge in [0, 0.05) is 31.1 Å². The van der Waals surface area contributed by atoms with Crippen molar-refractivity contribution >= 4 is 11.0 Å². The second-order valence-electron chi connectivity index (χ2n) is 6.10. The van der Waals surface area contributed by atoms with Crippen LogP contribution in [0.4, 0.5) is 0 Å². The third-order valence-corrected chi connectivity index (χ3v) is 4.25. The van der Waals surface area contributed by atoms with Crippen LogP contribution >= 0.6 is 0 Å². The van der Waals surface area contributed by atoms with Crippen LogP contribution in [-0.4, -0.2) is 62.7 Å². The Labute approximate surface area is 145 Å². The van der Waals surface area contributed by atoms with Crippen LogP contribution < -0.4 is 15.1 Å². The van der Waals surface area contributed by atoms with E-state index in [4.69, 9.17) is 18.6 Å². The summed E-state index contributed by atoms with van der Waals surface area (Å²) < 4.78 is 21.7. The number of aliphatic hydroxyl groups excluding tert-OH is 1. The Morgan fingerprint density at radius 2 is 2.08 bits per heavy atom. The Kier molecular flexibility index (Phi) is 5.57. The normalized spacial score (nSPS) is 16.8. The van der Waals surface area contributed by atoms with E-state index in [1.807, 2.05) is 13.0 Å². The van der Waals surface area contributed by atoms with Crippen molar-refractivity contribution in [3.63, 3.8) is 0 Å². The molecule has 1 aliphatic heterocycles. The zero-order chi connectivity index (χ0) is 17.8. The molecule has 7 heteroatoms. The van der Waals surface area contributed by atoms with Gasteiger partial charge in [0.1, 0.15) is 12.7 Å². The van der Waals surface area contributed by atoms with Gasteiger partial charge in [-0.3, -0.25) is 4.90 Å². The number of benzene rings is 1. The van der Waals surface area contributed by atoms with Crippen LogP contribution in [0.1, 0.15) is 5.56 Å². The summed E-state index contributed by atoms with van der Waals surface area (Å²) in [5.41, 5.74) is 0.688. The maximum atomic E-state index is 11.7. The van der Waals surface area contributed by atoms with E-state index in [9.17, 15) is 9.90 Å². The molecular formula is C18H23NO6. The summed E-state index contributed by atoms with van der Waals surface area (Å²) in [5, 5.41) is 11.0. The van der Waals surface area contributed by atoms with Crippen molar-refractivity contribution in [2.45, 2.75) is 13.0 Å². The zero-order valence-electron chi connectivity index (χ0n) is 14.5. The van der Waals surface area contributed by atoms with Crippen LogP contribution in [0, 0.1) is 6.92 Å². The topological polar surface area (TPSA) is 81.4 Å². The monoisotopic (exact) mass is 349 g/mol. The summed E-state index contributed by atoms with van der Waals surface area (Å²) in [5.74, 6) is 0.793. The molecular weight excluding hydrogens is 326 g/mol. The molecule has 0 spiro atoms. The summed E-state index contributed by atoms with van der Waals surface area (Å²) in [6.45, 7) is 5.35. The highest BCUT2D eigenvalue weighted by Crippen LogP contribution is 2.36. The Hall–Kier alpha value is -2.09. The van der Waals surface area contributed by atoms with Gasteiger partial charge < -0.3 is 23.7 Å². The number of rotatable bonds is 6. The minimum absolute atomic E-state index is 0.0739. The lowest BCUT2D eigenvalue weighted by Crippen LogP contribution is -2.42. The van der Waals surface area contributed by atoms with Crippen molar-refractivity contribution in [2.24, 2.45) is 0 Å². The van der Waals surface area contributed by atoms with Crippen LogP contribution in [0.3, 0.4) is 0 Å².